The Bertz CT molecular complexity index is 96.9. The van der Waals surface area contributed by atoms with Crippen molar-refractivity contribution in [2.75, 3.05) is 5.88 Å². The lowest BCUT2D eigenvalue weighted by atomic mass is 9.97. The normalized spacial score (nSPS) is 31.2. The van der Waals surface area contributed by atoms with Gasteiger partial charge in [-0.3, -0.25) is 0 Å². The third-order valence-electron chi connectivity index (χ3n) is 2.83. The first-order chi connectivity index (χ1) is 4.83. The predicted octanol–water partition coefficient (Wildman–Crippen LogP) is 3.30. The Balaban J connectivity index is 2.22. The van der Waals surface area contributed by atoms with E-state index in [2.05, 4.69) is 13.8 Å². The van der Waals surface area contributed by atoms with Crippen molar-refractivity contribution in [3.63, 3.8) is 0 Å². The number of alkyl halides is 1. The summed E-state index contributed by atoms with van der Waals surface area (Å²) in [5, 5.41) is 0. The number of rotatable bonds is 4. The lowest BCUT2D eigenvalue weighted by Crippen LogP contribution is -2.01. The largest absolute Gasteiger partial charge is 0.126 e. The second-order valence-electron chi connectivity index (χ2n) is 3.39. The Morgan fingerprint density at radius 2 is 2.00 bits per heavy atom. The van der Waals surface area contributed by atoms with Crippen molar-refractivity contribution in [1.82, 2.24) is 0 Å². The maximum Gasteiger partial charge on any atom is 0.0254 e. The van der Waals surface area contributed by atoms with Crippen LogP contribution in [0.1, 0.15) is 33.1 Å². The summed E-state index contributed by atoms with van der Waals surface area (Å²) in [7, 11) is 0. The maximum absolute atomic E-state index is 5.75. The molecule has 0 aromatic heterocycles. The van der Waals surface area contributed by atoms with Gasteiger partial charge < -0.3 is 0 Å². The van der Waals surface area contributed by atoms with E-state index in [1.54, 1.807) is 0 Å². The summed E-state index contributed by atoms with van der Waals surface area (Å²) < 4.78 is 0. The number of hydrogen-bond donors (Lipinski definition) is 0. The zero-order valence-electron chi connectivity index (χ0n) is 6.94. The van der Waals surface area contributed by atoms with E-state index in [0.29, 0.717) is 0 Å². The zero-order chi connectivity index (χ0) is 7.56. The van der Waals surface area contributed by atoms with Crippen LogP contribution in [0.3, 0.4) is 0 Å². The highest BCUT2D eigenvalue weighted by Gasteiger charge is 2.40. The number of hydrogen-bond acceptors (Lipinski definition) is 0. The van der Waals surface area contributed by atoms with Gasteiger partial charge in [-0.25, -0.2) is 0 Å². The molecule has 2 unspecified atom stereocenters. The second kappa shape index (κ2) is 3.61. The summed E-state index contributed by atoms with van der Waals surface area (Å²) in [5.41, 5.74) is 0. The fraction of sp³-hybridized carbons (Fsp3) is 1.00. The van der Waals surface area contributed by atoms with Crippen LogP contribution in [0.25, 0.3) is 0 Å². The lowest BCUT2D eigenvalue weighted by molar-refractivity contribution is 0.415. The molecule has 0 spiro atoms. The molecule has 0 radical (unpaired) electrons. The molecule has 1 rings (SSSR count). The lowest BCUT2D eigenvalue weighted by Gasteiger charge is -2.10. The zero-order valence-corrected chi connectivity index (χ0v) is 7.69. The van der Waals surface area contributed by atoms with Crippen LogP contribution < -0.4 is 0 Å². The average Bonchev–Trinajstić information content (AvgIpc) is 2.70. The van der Waals surface area contributed by atoms with Crippen LogP contribution in [0.4, 0.5) is 0 Å². The molecule has 1 heteroatoms. The first-order valence-corrected chi connectivity index (χ1v) is 4.92. The molecular weight excluding hydrogens is 144 g/mol. The Hall–Kier alpha value is 0.290. The number of halogens is 1. The van der Waals surface area contributed by atoms with Crippen molar-refractivity contribution in [2.24, 2.45) is 17.8 Å². The highest BCUT2D eigenvalue weighted by atomic mass is 35.5. The Labute approximate surface area is 69.0 Å². The summed E-state index contributed by atoms with van der Waals surface area (Å²) in [4.78, 5) is 0. The van der Waals surface area contributed by atoms with Crippen LogP contribution in [-0.2, 0) is 0 Å². The molecule has 0 saturated heterocycles. The Morgan fingerprint density at radius 1 is 1.40 bits per heavy atom. The fourth-order valence-electron chi connectivity index (χ4n) is 1.92. The van der Waals surface area contributed by atoms with Crippen molar-refractivity contribution < 1.29 is 0 Å². The van der Waals surface area contributed by atoms with Gasteiger partial charge in [0.1, 0.15) is 0 Å². The Kier molecular flexibility index (Phi) is 3.03. The first-order valence-electron chi connectivity index (χ1n) is 4.39. The SMILES string of the molecule is CCC(CC)C1CC1CCl. The van der Waals surface area contributed by atoms with Gasteiger partial charge in [0.2, 0.25) is 0 Å². The molecule has 0 nitrogen and oxygen atoms in total. The molecule has 60 valence electrons. The Morgan fingerprint density at radius 3 is 2.30 bits per heavy atom. The highest BCUT2D eigenvalue weighted by Crippen LogP contribution is 2.47. The molecule has 0 aromatic carbocycles. The fourth-order valence-corrected chi connectivity index (χ4v) is 2.27. The van der Waals surface area contributed by atoms with Crippen LogP contribution in [0, 0.1) is 17.8 Å². The third kappa shape index (κ3) is 1.66. The molecule has 0 N–H and O–H groups in total. The molecule has 0 amide bonds. The van der Waals surface area contributed by atoms with Crippen LogP contribution in [0.15, 0.2) is 0 Å². The minimum atomic E-state index is 0.867. The van der Waals surface area contributed by atoms with Gasteiger partial charge in [0.15, 0.2) is 0 Å². The van der Waals surface area contributed by atoms with Gasteiger partial charge in [-0.15, -0.1) is 11.6 Å². The van der Waals surface area contributed by atoms with Gasteiger partial charge in [-0.1, -0.05) is 26.7 Å². The summed E-state index contributed by atoms with van der Waals surface area (Å²) in [6.45, 7) is 4.58. The van der Waals surface area contributed by atoms with E-state index >= 15 is 0 Å². The van der Waals surface area contributed by atoms with Gasteiger partial charge in [0, 0.05) is 5.88 Å². The smallest absolute Gasteiger partial charge is 0.0254 e. The molecule has 0 aliphatic heterocycles. The molecule has 1 aliphatic rings. The molecule has 10 heavy (non-hydrogen) atoms. The minimum Gasteiger partial charge on any atom is -0.126 e. The van der Waals surface area contributed by atoms with Crippen LogP contribution >= 0.6 is 11.6 Å². The molecular formula is C9H17Cl. The molecule has 1 aliphatic carbocycles. The van der Waals surface area contributed by atoms with Gasteiger partial charge in [-0.2, -0.15) is 0 Å². The molecule has 2 atom stereocenters. The van der Waals surface area contributed by atoms with E-state index in [0.717, 1.165) is 23.6 Å². The van der Waals surface area contributed by atoms with E-state index < -0.39 is 0 Å². The van der Waals surface area contributed by atoms with E-state index in [4.69, 9.17) is 11.6 Å². The van der Waals surface area contributed by atoms with Crippen molar-refractivity contribution in [3.05, 3.63) is 0 Å². The van der Waals surface area contributed by atoms with E-state index in [1.165, 1.54) is 19.3 Å². The van der Waals surface area contributed by atoms with Crippen molar-refractivity contribution in [2.45, 2.75) is 33.1 Å². The minimum absolute atomic E-state index is 0.867. The van der Waals surface area contributed by atoms with Crippen LogP contribution in [0.2, 0.25) is 0 Å². The molecule has 0 aromatic rings. The molecule has 1 saturated carbocycles. The van der Waals surface area contributed by atoms with E-state index in [-0.39, 0.29) is 0 Å². The van der Waals surface area contributed by atoms with Gasteiger partial charge in [-0.05, 0) is 24.2 Å². The highest BCUT2D eigenvalue weighted by molar-refractivity contribution is 6.18. The van der Waals surface area contributed by atoms with Crippen LogP contribution in [-0.4, -0.2) is 5.88 Å². The molecule has 0 heterocycles. The average molecular weight is 161 g/mol. The second-order valence-corrected chi connectivity index (χ2v) is 3.70. The molecule has 1 fully saturated rings. The first kappa shape index (κ1) is 8.39. The van der Waals surface area contributed by atoms with E-state index in [9.17, 15) is 0 Å². The quantitative estimate of drug-likeness (QED) is 0.554. The van der Waals surface area contributed by atoms with Gasteiger partial charge >= 0.3 is 0 Å². The maximum atomic E-state index is 5.75. The summed E-state index contributed by atoms with van der Waals surface area (Å²) >= 11 is 5.75. The third-order valence-corrected chi connectivity index (χ3v) is 3.23. The van der Waals surface area contributed by atoms with Gasteiger partial charge in [0.05, 0.1) is 0 Å². The van der Waals surface area contributed by atoms with Crippen LogP contribution in [0.5, 0.6) is 0 Å². The van der Waals surface area contributed by atoms with Crippen molar-refractivity contribution >= 4 is 11.6 Å². The monoisotopic (exact) mass is 160 g/mol. The van der Waals surface area contributed by atoms with E-state index in [1.807, 2.05) is 0 Å². The van der Waals surface area contributed by atoms with Crippen molar-refractivity contribution in [3.8, 4) is 0 Å². The summed E-state index contributed by atoms with van der Waals surface area (Å²) in [6, 6.07) is 0. The van der Waals surface area contributed by atoms with Crippen molar-refractivity contribution in [1.29, 1.82) is 0 Å². The summed E-state index contributed by atoms with van der Waals surface area (Å²) in [6.07, 6.45) is 4.08. The predicted molar refractivity (Wildman–Crippen MR) is 46.4 cm³/mol. The summed E-state index contributed by atoms with van der Waals surface area (Å²) in [5.74, 6) is 3.70. The standard InChI is InChI=1S/C9H17Cl/c1-3-7(4-2)9-5-8(9)6-10/h7-9H,3-6H2,1-2H3. The molecule has 0 bridgehead atoms. The van der Waals surface area contributed by atoms with Gasteiger partial charge in [0.25, 0.3) is 0 Å². The topological polar surface area (TPSA) is 0 Å².